The first kappa shape index (κ1) is 18.4. The largest absolute Gasteiger partial charge is 0.381 e. The molecule has 6 nitrogen and oxygen atoms in total. The van der Waals surface area contributed by atoms with Crippen molar-refractivity contribution in [3.8, 4) is 0 Å². The van der Waals surface area contributed by atoms with E-state index >= 15 is 0 Å². The van der Waals surface area contributed by atoms with Crippen LogP contribution >= 0.6 is 10.7 Å². The van der Waals surface area contributed by atoms with Crippen LogP contribution in [0.15, 0.2) is 29.2 Å². The van der Waals surface area contributed by atoms with Gasteiger partial charge < -0.3 is 4.74 Å². The lowest BCUT2D eigenvalue weighted by molar-refractivity contribution is 0.163. The van der Waals surface area contributed by atoms with Gasteiger partial charge >= 0.3 is 0 Å². The van der Waals surface area contributed by atoms with E-state index in [1.54, 1.807) is 19.1 Å². The summed E-state index contributed by atoms with van der Waals surface area (Å²) in [5.41, 5.74) is 0.812. The van der Waals surface area contributed by atoms with Crippen molar-refractivity contribution in [2.75, 3.05) is 25.5 Å². The number of halogens is 1. The van der Waals surface area contributed by atoms with Gasteiger partial charge in [-0.05, 0) is 31.0 Å². The molecule has 1 rings (SSSR count). The lowest BCUT2D eigenvalue weighted by atomic mass is 10.2. The van der Waals surface area contributed by atoms with Gasteiger partial charge in [-0.3, -0.25) is 0 Å². The zero-order valence-corrected chi connectivity index (χ0v) is 14.0. The second-order valence-electron chi connectivity index (χ2n) is 4.24. The Balaban J connectivity index is 2.46. The molecule has 0 bridgehead atoms. The molecule has 0 aromatic heterocycles. The van der Waals surface area contributed by atoms with Crippen molar-refractivity contribution in [3.05, 3.63) is 29.8 Å². The standard InChI is InChI=1S/C12H18ClNO5S2/c1-2-19-9-10-20(15,16)14-8-7-11-3-5-12(6-4-11)21(13,17)18/h3-6,14H,2,7-10H2,1H3. The molecule has 9 heteroatoms. The summed E-state index contributed by atoms with van der Waals surface area (Å²) in [4.78, 5) is 0.0187. The molecule has 0 aliphatic heterocycles. The van der Waals surface area contributed by atoms with Gasteiger partial charge in [-0.1, -0.05) is 12.1 Å². The molecule has 1 aromatic rings. The molecule has 21 heavy (non-hydrogen) atoms. The smallest absolute Gasteiger partial charge is 0.261 e. The van der Waals surface area contributed by atoms with Crippen molar-refractivity contribution < 1.29 is 21.6 Å². The van der Waals surface area contributed by atoms with Crippen LogP contribution in [0.1, 0.15) is 12.5 Å². The van der Waals surface area contributed by atoms with Gasteiger partial charge in [0, 0.05) is 23.8 Å². The summed E-state index contributed by atoms with van der Waals surface area (Å²) in [5.74, 6) is -0.0791. The number of benzene rings is 1. The fraction of sp³-hybridized carbons (Fsp3) is 0.500. The Bertz CT molecular complexity index is 641. The SMILES string of the molecule is CCOCCS(=O)(=O)NCCc1ccc(S(=O)(=O)Cl)cc1. The van der Waals surface area contributed by atoms with E-state index in [9.17, 15) is 16.8 Å². The minimum Gasteiger partial charge on any atom is -0.381 e. The first-order valence-electron chi connectivity index (χ1n) is 6.33. The van der Waals surface area contributed by atoms with Crippen molar-refractivity contribution in [1.82, 2.24) is 4.72 Å². The van der Waals surface area contributed by atoms with E-state index in [0.29, 0.717) is 13.0 Å². The van der Waals surface area contributed by atoms with Crippen molar-refractivity contribution in [2.24, 2.45) is 0 Å². The molecule has 0 aliphatic carbocycles. The fourth-order valence-corrected chi connectivity index (χ4v) is 3.22. The van der Waals surface area contributed by atoms with Crippen molar-refractivity contribution in [2.45, 2.75) is 18.2 Å². The molecule has 0 heterocycles. The summed E-state index contributed by atoms with van der Waals surface area (Å²) >= 11 is 0. The van der Waals surface area contributed by atoms with Crippen LogP contribution < -0.4 is 4.72 Å². The Morgan fingerprint density at radius 2 is 1.76 bits per heavy atom. The second kappa shape index (κ2) is 8.09. The number of ether oxygens (including phenoxy) is 1. The number of hydrogen-bond acceptors (Lipinski definition) is 5. The molecule has 0 spiro atoms. The van der Waals surface area contributed by atoms with E-state index in [1.165, 1.54) is 12.1 Å². The first-order valence-corrected chi connectivity index (χ1v) is 10.3. The maximum absolute atomic E-state index is 11.6. The molecule has 1 N–H and O–H groups in total. The Labute approximate surface area is 129 Å². The van der Waals surface area contributed by atoms with E-state index in [-0.39, 0.29) is 23.8 Å². The number of nitrogens with one attached hydrogen (secondary N) is 1. The predicted octanol–water partition coefficient (Wildman–Crippen LogP) is 1.11. The lowest BCUT2D eigenvalue weighted by Gasteiger charge is -2.07. The third-order valence-electron chi connectivity index (χ3n) is 2.64. The number of sulfonamides is 1. The van der Waals surface area contributed by atoms with Crippen LogP contribution in [0.5, 0.6) is 0 Å². The summed E-state index contributed by atoms with van der Waals surface area (Å²) in [5, 5.41) is 0. The van der Waals surface area contributed by atoms with Crippen LogP contribution in [-0.2, 0) is 30.2 Å². The van der Waals surface area contributed by atoms with E-state index < -0.39 is 19.1 Å². The van der Waals surface area contributed by atoms with E-state index in [2.05, 4.69) is 4.72 Å². The van der Waals surface area contributed by atoms with Gasteiger partial charge in [0.1, 0.15) is 0 Å². The number of rotatable bonds is 9. The molecule has 0 atom stereocenters. The van der Waals surface area contributed by atoms with Gasteiger partial charge in [0.2, 0.25) is 10.0 Å². The highest BCUT2D eigenvalue weighted by Crippen LogP contribution is 2.15. The van der Waals surface area contributed by atoms with E-state index in [4.69, 9.17) is 15.4 Å². The highest BCUT2D eigenvalue weighted by atomic mass is 35.7. The Hall–Kier alpha value is -0.670. The Morgan fingerprint density at radius 1 is 1.14 bits per heavy atom. The monoisotopic (exact) mass is 355 g/mol. The molecule has 0 unspecified atom stereocenters. The average molecular weight is 356 g/mol. The lowest BCUT2D eigenvalue weighted by Crippen LogP contribution is -2.30. The molecule has 0 saturated carbocycles. The number of hydrogen-bond donors (Lipinski definition) is 1. The third kappa shape index (κ3) is 7.23. The van der Waals surface area contributed by atoms with E-state index in [0.717, 1.165) is 5.56 Å². The second-order valence-corrected chi connectivity index (χ2v) is 8.73. The van der Waals surface area contributed by atoms with Gasteiger partial charge in [0.05, 0.1) is 17.3 Å². The average Bonchev–Trinajstić information content (AvgIpc) is 2.38. The minimum absolute atomic E-state index is 0.0187. The summed E-state index contributed by atoms with van der Waals surface area (Å²) in [6.45, 7) is 2.67. The van der Waals surface area contributed by atoms with Gasteiger partial charge in [0.15, 0.2) is 0 Å². The van der Waals surface area contributed by atoms with Crippen LogP contribution in [-0.4, -0.2) is 42.3 Å². The zero-order chi connectivity index (χ0) is 15.9. The molecule has 120 valence electrons. The summed E-state index contributed by atoms with van der Waals surface area (Å²) < 4.78 is 52.8. The molecule has 1 aromatic carbocycles. The molecular weight excluding hydrogens is 338 g/mol. The van der Waals surface area contributed by atoms with Gasteiger partial charge in [-0.15, -0.1) is 0 Å². The summed E-state index contributed by atoms with van der Waals surface area (Å²) in [7, 11) is -1.87. The molecule has 0 fully saturated rings. The Kier molecular flexibility index (Phi) is 7.08. The molecular formula is C12H18ClNO5S2. The Morgan fingerprint density at radius 3 is 2.29 bits per heavy atom. The van der Waals surface area contributed by atoms with Gasteiger partial charge in [-0.25, -0.2) is 21.6 Å². The van der Waals surface area contributed by atoms with Crippen LogP contribution in [0.2, 0.25) is 0 Å². The molecule has 0 saturated heterocycles. The van der Waals surface area contributed by atoms with Gasteiger partial charge in [-0.2, -0.15) is 0 Å². The summed E-state index contributed by atoms with van der Waals surface area (Å²) in [6, 6.07) is 5.98. The maximum Gasteiger partial charge on any atom is 0.261 e. The first-order chi connectivity index (χ1) is 9.74. The van der Waals surface area contributed by atoms with Crippen LogP contribution in [0.25, 0.3) is 0 Å². The van der Waals surface area contributed by atoms with Crippen molar-refractivity contribution in [1.29, 1.82) is 0 Å². The topological polar surface area (TPSA) is 89.5 Å². The highest BCUT2D eigenvalue weighted by molar-refractivity contribution is 8.13. The minimum atomic E-state index is -3.73. The molecule has 0 radical (unpaired) electrons. The summed E-state index contributed by atoms with van der Waals surface area (Å²) in [6.07, 6.45) is 0.455. The van der Waals surface area contributed by atoms with E-state index in [1.807, 2.05) is 0 Å². The van der Waals surface area contributed by atoms with Crippen LogP contribution in [0, 0.1) is 0 Å². The van der Waals surface area contributed by atoms with Crippen LogP contribution in [0.4, 0.5) is 0 Å². The quantitative estimate of drug-likeness (QED) is 0.529. The molecule has 0 amide bonds. The zero-order valence-electron chi connectivity index (χ0n) is 11.6. The normalized spacial score (nSPS) is 12.5. The van der Waals surface area contributed by atoms with Crippen molar-refractivity contribution in [3.63, 3.8) is 0 Å². The predicted molar refractivity (Wildman–Crippen MR) is 81.5 cm³/mol. The maximum atomic E-state index is 11.6. The highest BCUT2D eigenvalue weighted by Gasteiger charge is 2.11. The fourth-order valence-electron chi connectivity index (χ4n) is 1.55. The third-order valence-corrected chi connectivity index (χ3v) is 5.36. The van der Waals surface area contributed by atoms with Crippen molar-refractivity contribution >= 4 is 29.8 Å². The van der Waals surface area contributed by atoms with Crippen LogP contribution in [0.3, 0.4) is 0 Å². The van der Waals surface area contributed by atoms with Gasteiger partial charge in [0.25, 0.3) is 9.05 Å². The molecule has 0 aliphatic rings.